The van der Waals surface area contributed by atoms with Crippen LogP contribution in [0.15, 0.2) is 27.6 Å². The molecule has 2 heterocycles. The van der Waals surface area contributed by atoms with E-state index in [1.54, 1.807) is 26.0 Å². The zero-order valence-electron chi connectivity index (χ0n) is 14.7. The molecular formula is C17H20FN3O4S. The minimum Gasteiger partial charge on any atom is -0.360 e. The summed E-state index contributed by atoms with van der Waals surface area (Å²) < 4.78 is 45.8. The summed E-state index contributed by atoms with van der Waals surface area (Å²) >= 11 is 0. The van der Waals surface area contributed by atoms with Crippen molar-refractivity contribution in [3.8, 4) is 0 Å². The summed E-state index contributed by atoms with van der Waals surface area (Å²) in [5.74, 6) is -0.732. The van der Waals surface area contributed by atoms with Gasteiger partial charge in [-0.2, -0.15) is 4.31 Å². The quantitative estimate of drug-likeness (QED) is 0.879. The number of hydrogen-bond acceptors (Lipinski definition) is 5. The number of nitrogens with one attached hydrogen (secondary N) is 1. The molecule has 9 heteroatoms. The SMILES string of the molecule is Cc1ccc(NC(=O)C2CCCN2S(=O)(=O)c2c(C)noc2C)cc1F. The van der Waals surface area contributed by atoms with Crippen LogP contribution in [0.25, 0.3) is 0 Å². The zero-order valence-corrected chi connectivity index (χ0v) is 15.6. The molecule has 2 aromatic rings. The van der Waals surface area contributed by atoms with E-state index < -0.39 is 27.8 Å². The molecule has 0 saturated carbocycles. The molecule has 1 aliphatic heterocycles. The van der Waals surface area contributed by atoms with Crippen molar-refractivity contribution < 1.29 is 22.1 Å². The summed E-state index contributed by atoms with van der Waals surface area (Å²) in [4.78, 5) is 12.6. The normalized spacial score (nSPS) is 18.2. The summed E-state index contributed by atoms with van der Waals surface area (Å²) in [5.41, 5.74) is 1.01. The molecule has 1 saturated heterocycles. The maximum atomic E-state index is 13.7. The Hall–Kier alpha value is -2.26. The fraction of sp³-hybridized carbons (Fsp3) is 0.412. The number of benzene rings is 1. The lowest BCUT2D eigenvalue weighted by Crippen LogP contribution is -2.43. The highest BCUT2D eigenvalue weighted by Gasteiger charge is 2.41. The third kappa shape index (κ3) is 3.24. The molecule has 26 heavy (non-hydrogen) atoms. The van der Waals surface area contributed by atoms with Crippen molar-refractivity contribution in [3.63, 3.8) is 0 Å². The number of rotatable bonds is 4. The molecule has 0 spiro atoms. The molecule has 1 aliphatic rings. The van der Waals surface area contributed by atoms with Crippen LogP contribution in [0.3, 0.4) is 0 Å². The molecule has 1 fully saturated rings. The number of carbonyl (C=O) groups excluding carboxylic acids is 1. The van der Waals surface area contributed by atoms with Gasteiger partial charge in [-0.1, -0.05) is 11.2 Å². The van der Waals surface area contributed by atoms with Crippen LogP contribution in [0.2, 0.25) is 0 Å². The summed E-state index contributed by atoms with van der Waals surface area (Å²) in [5, 5.41) is 6.29. The first-order chi connectivity index (χ1) is 12.2. The summed E-state index contributed by atoms with van der Waals surface area (Å²) in [6.45, 7) is 4.92. The smallest absolute Gasteiger partial charge is 0.249 e. The number of anilines is 1. The van der Waals surface area contributed by atoms with E-state index in [0.29, 0.717) is 24.1 Å². The number of aryl methyl sites for hydroxylation is 3. The van der Waals surface area contributed by atoms with Crippen LogP contribution >= 0.6 is 0 Å². The molecule has 0 aliphatic carbocycles. The van der Waals surface area contributed by atoms with E-state index >= 15 is 0 Å². The Kier molecular flexibility index (Phi) is 4.85. The van der Waals surface area contributed by atoms with E-state index in [4.69, 9.17) is 4.52 Å². The van der Waals surface area contributed by atoms with Gasteiger partial charge < -0.3 is 9.84 Å². The number of amides is 1. The third-order valence-electron chi connectivity index (χ3n) is 4.48. The molecule has 7 nitrogen and oxygen atoms in total. The maximum Gasteiger partial charge on any atom is 0.249 e. The van der Waals surface area contributed by atoms with E-state index in [9.17, 15) is 17.6 Å². The van der Waals surface area contributed by atoms with Gasteiger partial charge >= 0.3 is 0 Å². The Labute approximate surface area is 151 Å². The topological polar surface area (TPSA) is 92.5 Å². The number of carbonyl (C=O) groups is 1. The highest BCUT2D eigenvalue weighted by atomic mass is 32.2. The van der Waals surface area contributed by atoms with Crippen LogP contribution in [-0.4, -0.2) is 36.4 Å². The Balaban J connectivity index is 1.85. The van der Waals surface area contributed by atoms with Gasteiger partial charge in [0, 0.05) is 12.2 Å². The van der Waals surface area contributed by atoms with Crippen molar-refractivity contribution in [1.29, 1.82) is 0 Å². The van der Waals surface area contributed by atoms with Crippen LogP contribution in [0.1, 0.15) is 29.9 Å². The predicted molar refractivity (Wildman–Crippen MR) is 92.7 cm³/mol. The van der Waals surface area contributed by atoms with Gasteiger partial charge in [0.25, 0.3) is 0 Å². The molecule has 1 aromatic carbocycles. The van der Waals surface area contributed by atoms with Gasteiger partial charge in [0.2, 0.25) is 15.9 Å². The van der Waals surface area contributed by atoms with Gasteiger partial charge in [-0.3, -0.25) is 4.79 Å². The standard InChI is InChI=1S/C17H20FN3O4S/c1-10-6-7-13(9-14(10)18)19-17(22)15-5-4-8-21(15)26(23,24)16-11(2)20-25-12(16)3/h6-7,9,15H,4-5,8H2,1-3H3,(H,19,22). The van der Waals surface area contributed by atoms with Gasteiger partial charge in [0.1, 0.15) is 22.4 Å². The highest BCUT2D eigenvalue weighted by molar-refractivity contribution is 7.89. The second-order valence-corrected chi connectivity index (χ2v) is 8.21. The minimum absolute atomic E-state index is 0.00131. The van der Waals surface area contributed by atoms with E-state index in [1.165, 1.54) is 17.3 Å². The second kappa shape index (κ2) is 6.81. The number of nitrogens with zero attached hydrogens (tertiary/aromatic N) is 2. The van der Waals surface area contributed by atoms with Crippen LogP contribution in [0.5, 0.6) is 0 Å². The van der Waals surface area contributed by atoms with Gasteiger partial charge in [-0.15, -0.1) is 0 Å². The fourth-order valence-electron chi connectivity index (χ4n) is 3.15. The van der Waals surface area contributed by atoms with E-state index in [1.807, 2.05) is 0 Å². The largest absolute Gasteiger partial charge is 0.360 e. The minimum atomic E-state index is -3.92. The Bertz CT molecular complexity index is 935. The Morgan fingerprint density at radius 1 is 1.35 bits per heavy atom. The molecule has 0 bridgehead atoms. The van der Waals surface area contributed by atoms with Crippen molar-refractivity contribution in [2.75, 3.05) is 11.9 Å². The van der Waals surface area contributed by atoms with E-state index in [0.717, 1.165) is 0 Å². The fourth-order valence-corrected chi connectivity index (χ4v) is 5.10. The van der Waals surface area contributed by atoms with Gasteiger partial charge in [0.05, 0.1) is 0 Å². The lowest BCUT2D eigenvalue weighted by atomic mass is 10.2. The summed E-state index contributed by atoms with van der Waals surface area (Å²) in [6, 6.07) is 3.49. The molecule has 1 amide bonds. The molecule has 140 valence electrons. The molecule has 0 radical (unpaired) electrons. The maximum absolute atomic E-state index is 13.7. The lowest BCUT2D eigenvalue weighted by Gasteiger charge is -2.23. The molecule has 1 atom stereocenters. The van der Waals surface area contributed by atoms with E-state index in [-0.39, 0.29) is 22.9 Å². The van der Waals surface area contributed by atoms with Crippen LogP contribution in [0, 0.1) is 26.6 Å². The highest BCUT2D eigenvalue weighted by Crippen LogP contribution is 2.30. The van der Waals surface area contributed by atoms with Crippen molar-refractivity contribution in [2.45, 2.75) is 44.6 Å². The first-order valence-corrected chi connectivity index (χ1v) is 9.67. The second-order valence-electron chi connectivity index (χ2n) is 6.38. The average molecular weight is 381 g/mol. The van der Waals surface area contributed by atoms with Crippen molar-refractivity contribution >= 4 is 21.6 Å². The molecule has 1 unspecified atom stereocenters. The molecule has 1 N–H and O–H groups in total. The summed E-state index contributed by atoms with van der Waals surface area (Å²) in [6.07, 6.45) is 0.950. The monoisotopic (exact) mass is 381 g/mol. The number of hydrogen-bond donors (Lipinski definition) is 1. The average Bonchev–Trinajstić information content (AvgIpc) is 3.18. The number of halogens is 1. The Morgan fingerprint density at radius 2 is 2.08 bits per heavy atom. The molecule has 1 aromatic heterocycles. The first-order valence-electron chi connectivity index (χ1n) is 8.23. The van der Waals surface area contributed by atoms with Gasteiger partial charge in [0.15, 0.2) is 5.76 Å². The van der Waals surface area contributed by atoms with Gasteiger partial charge in [-0.25, -0.2) is 12.8 Å². The van der Waals surface area contributed by atoms with Crippen molar-refractivity contribution in [2.24, 2.45) is 0 Å². The predicted octanol–water partition coefficient (Wildman–Crippen LogP) is 2.53. The van der Waals surface area contributed by atoms with Crippen LogP contribution in [0.4, 0.5) is 10.1 Å². The van der Waals surface area contributed by atoms with Crippen molar-refractivity contribution in [1.82, 2.24) is 9.46 Å². The number of aromatic nitrogens is 1. The number of sulfonamides is 1. The first kappa shape index (κ1) is 18.5. The zero-order chi connectivity index (χ0) is 19.1. The van der Waals surface area contributed by atoms with Crippen LogP contribution in [-0.2, 0) is 14.8 Å². The third-order valence-corrected chi connectivity index (χ3v) is 6.63. The van der Waals surface area contributed by atoms with Crippen LogP contribution < -0.4 is 5.32 Å². The molecule has 3 rings (SSSR count). The molecular weight excluding hydrogens is 361 g/mol. The lowest BCUT2D eigenvalue weighted by molar-refractivity contribution is -0.119. The van der Waals surface area contributed by atoms with Crippen molar-refractivity contribution in [3.05, 3.63) is 41.0 Å². The van der Waals surface area contributed by atoms with E-state index in [2.05, 4.69) is 10.5 Å². The van der Waals surface area contributed by atoms with Gasteiger partial charge in [-0.05, 0) is 51.3 Å². The summed E-state index contributed by atoms with van der Waals surface area (Å²) in [7, 11) is -3.92. The Morgan fingerprint density at radius 3 is 2.69 bits per heavy atom.